The second-order valence-electron chi connectivity index (χ2n) is 5.86. The minimum Gasteiger partial charge on any atom is -0.463 e. The molecule has 24 heavy (non-hydrogen) atoms. The van der Waals surface area contributed by atoms with E-state index in [1.807, 2.05) is 6.07 Å². The number of likely N-dealkylation sites (tertiary alicyclic amines) is 1. The standard InChI is InChI=1S/C18H16FN3O2/c19-13-5-1-4-12(10-13)16-6-2-8-22(16)18(23)15-11-14(20-21-15)17-7-3-9-24-17/h1,3-5,7,9-11,16H,2,6,8H2,(H,20,21). The van der Waals surface area contributed by atoms with Crippen LogP contribution in [0.15, 0.2) is 53.1 Å². The SMILES string of the molecule is O=C(c1cc(-c2ccco2)[nH]n1)N1CCCC1c1cccc(F)c1. The van der Waals surface area contributed by atoms with Crippen LogP contribution in [0.25, 0.3) is 11.5 Å². The van der Waals surface area contributed by atoms with Gasteiger partial charge in [-0.05, 0) is 42.7 Å². The highest BCUT2D eigenvalue weighted by atomic mass is 19.1. The van der Waals surface area contributed by atoms with Crippen LogP contribution in [0.5, 0.6) is 0 Å². The number of carbonyl (C=O) groups excluding carboxylic acids is 1. The Morgan fingerprint density at radius 3 is 3.00 bits per heavy atom. The average molecular weight is 325 g/mol. The topological polar surface area (TPSA) is 62.1 Å². The van der Waals surface area contributed by atoms with Crippen LogP contribution in [-0.2, 0) is 0 Å². The molecular weight excluding hydrogens is 309 g/mol. The maximum atomic E-state index is 13.5. The molecule has 0 spiro atoms. The lowest BCUT2D eigenvalue weighted by atomic mass is 10.0. The Kier molecular flexibility index (Phi) is 3.65. The highest BCUT2D eigenvalue weighted by Crippen LogP contribution is 2.33. The third-order valence-electron chi connectivity index (χ3n) is 4.33. The molecule has 1 saturated heterocycles. The maximum Gasteiger partial charge on any atom is 0.274 e. The van der Waals surface area contributed by atoms with Crippen LogP contribution < -0.4 is 0 Å². The molecule has 3 heterocycles. The quantitative estimate of drug-likeness (QED) is 0.797. The Morgan fingerprint density at radius 1 is 1.29 bits per heavy atom. The number of amides is 1. The lowest BCUT2D eigenvalue weighted by Gasteiger charge is -2.24. The van der Waals surface area contributed by atoms with E-state index in [0.29, 0.717) is 23.7 Å². The highest BCUT2D eigenvalue weighted by Gasteiger charge is 2.32. The van der Waals surface area contributed by atoms with Gasteiger partial charge in [0.15, 0.2) is 11.5 Å². The number of hydrogen-bond acceptors (Lipinski definition) is 3. The number of carbonyl (C=O) groups is 1. The summed E-state index contributed by atoms with van der Waals surface area (Å²) in [7, 11) is 0. The number of nitrogens with zero attached hydrogens (tertiary/aromatic N) is 2. The van der Waals surface area contributed by atoms with E-state index in [-0.39, 0.29) is 17.8 Å². The predicted molar refractivity (Wildman–Crippen MR) is 85.7 cm³/mol. The van der Waals surface area contributed by atoms with Gasteiger partial charge in [0.2, 0.25) is 0 Å². The van der Waals surface area contributed by atoms with Crippen LogP contribution in [0.2, 0.25) is 0 Å². The van der Waals surface area contributed by atoms with Gasteiger partial charge in [-0.1, -0.05) is 12.1 Å². The van der Waals surface area contributed by atoms with E-state index in [1.54, 1.807) is 35.4 Å². The van der Waals surface area contributed by atoms with Gasteiger partial charge in [-0.3, -0.25) is 9.89 Å². The zero-order valence-corrected chi connectivity index (χ0v) is 12.9. The predicted octanol–water partition coefficient (Wildman–Crippen LogP) is 3.79. The second-order valence-corrected chi connectivity index (χ2v) is 5.86. The zero-order chi connectivity index (χ0) is 16.5. The van der Waals surface area contributed by atoms with Crippen molar-refractivity contribution in [1.29, 1.82) is 0 Å². The van der Waals surface area contributed by atoms with Gasteiger partial charge in [0.1, 0.15) is 11.5 Å². The summed E-state index contributed by atoms with van der Waals surface area (Å²) in [6, 6.07) is 11.6. The summed E-state index contributed by atoms with van der Waals surface area (Å²) >= 11 is 0. The maximum absolute atomic E-state index is 13.5. The van der Waals surface area contributed by atoms with Crippen LogP contribution in [0, 0.1) is 5.82 Å². The van der Waals surface area contributed by atoms with Crippen LogP contribution in [0.4, 0.5) is 4.39 Å². The zero-order valence-electron chi connectivity index (χ0n) is 12.9. The molecule has 6 heteroatoms. The van der Waals surface area contributed by atoms with Crippen molar-refractivity contribution in [2.45, 2.75) is 18.9 Å². The largest absolute Gasteiger partial charge is 0.463 e. The summed E-state index contributed by atoms with van der Waals surface area (Å²) in [5, 5.41) is 6.94. The molecule has 1 fully saturated rings. The van der Waals surface area contributed by atoms with Crippen molar-refractivity contribution in [3.63, 3.8) is 0 Å². The van der Waals surface area contributed by atoms with Crippen LogP contribution >= 0.6 is 0 Å². The van der Waals surface area contributed by atoms with Crippen LogP contribution in [0.1, 0.15) is 34.9 Å². The summed E-state index contributed by atoms with van der Waals surface area (Å²) < 4.78 is 18.8. The summed E-state index contributed by atoms with van der Waals surface area (Å²) in [5.41, 5.74) is 1.82. The Labute approximate surface area is 138 Å². The number of aromatic nitrogens is 2. The number of benzene rings is 1. The molecular formula is C18H16FN3O2. The smallest absolute Gasteiger partial charge is 0.274 e. The molecule has 1 aliphatic heterocycles. The van der Waals surface area contributed by atoms with Crippen molar-refractivity contribution < 1.29 is 13.6 Å². The van der Waals surface area contributed by atoms with E-state index in [2.05, 4.69) is 10.2 Å². The Balaban J connectivity index is 1.59. The number of H-pyrrole nitrogens is 1. The fourth-order valence-corrected chi connectivity index (χ4v) is 3.21. The van der Waals surface area contributed by atoms with Crippen molar-refractivity contribution >= 4 is 5.91 Å². The van der Waals surface area contributed by atoms with Crippen molar-refractivity contribution in [3.8, 4) is 11.5 Å². The third kappa shape index (κ3) is 2.60. The molecule has 5 nitrogen and oxygen atoms in total. The summed E-state index contributed by atoms with van der Waals surface area (Å²) in [4.78, 5) is 14.6. The molecule has 3 aromatic rings. The van der Waals surface area contributed by atoms with Gasteiger partial charge < -0.3 is 9.32 Å². The monoisotopic (exact) mass is 325 g/mol. The van der Waals surface area contributed by atoms with E-state index in [9.17, 15) is 9.18 Å². The first kappa shape index (κ1) is 14.7. The van der Waals surface area contributed by atoms with Crippen LogP contribution in [-0.4, -0.2) is 27.5 Å². The molecule has 1 amide bonds. The highest BCUT2D eigenvalue weighted by molar-refractivity contribution is 5.93. The van der Waals surface area contributed by atoms with Gasteiger partial charge in [0, 0.05) is 12.6 Å². The third-order valence-corrected chi connectivity index (χ3v) is 4.33. The first-order chi connectivity index (χ1) is 11.7. The van der Waals surface area contributed by atoms with Crippen LogP contribution in [0.3, 0.4) is 0 Å². The average Bonchev–Trinajstić information content (AvgIpc) is 3.33. The molecule has 1 unspecified atom stereocenters. The Hall–Kier alpha value is -2.89. The first-order valence-corrected chi connectivity index (χ1v) is 7.88. The molecule has 0 radical (unpaired) electrons. The van der Waals surface area contributed by atoms with Crippen molar-refractivity contribution in [3.05, 3.63) is 65.8 Å². The van der Waals surface area contributed by atoms with Gasteiger partial charge in [-0.2, -0.15) is 5.10 Å². The van der Waals surface area contributed by atoms with E-state index < -0.39 is 0 Å². The van der Waals surface area contributed by atoms with Gasteiger partial charge in [-0.25, -0.2) is 4.39 Å². The number of nitrogens with one attached hydrogen (secondary N) is 1. The summed E-state index contributed by atoms with van der Waals surface area (Å²) in [6.45, 7) is 0.642. The lowest BCUT2D eigenvalue weighted by Crippen LogP contribution is -2.30. The second kappa shape index (κ2) is 5.96. The molecule has 0 aliphatic carbocycles. The van der Waals surface area contributed by atoms with E-state index >= 15 is 0 Å². The van der Waals surface area contributed by atoms with Gasteiger partial charge >= 0.3 is 0 Å². The van der Waals surface area contributed by atoms with E-state index in [1.165, 1.54) is 12.1 Å². The molecule has 4 rings (SSSR count). The molecule has 2 aromatic heterocycles. The molecule has 0 bridgehead atoms. The van der Waals surface area contributed by atoms with Gasteiger partial charge in [-0.15, -0.1) is 0 Å². The number of furan rings is 1. The molecule has 122 valence electrons. The minimum absolute atomic E-state index is 0.114. The number of halogens is 1. The lowest BCUT2D eigenvalue weighted by molar-refractivity contribution is 0.0729. The summed E-state index contributed by atoms with van der Waals surface area (Å²) in [6.07, 6.45) is 3.28. The van der Waals surface area contributed by atoms with Crippen molar-refractivity contribution in [2.75, 3.05) is 6.54 Å². The van der Waals surface area contributed by atoms with Crippen molar-refractivity contribution in [2.24, 2.45) is 0 Å². The summed E-state index contributed by atoms with van der Waals surface area (Å²) in [5.74, 6) is 0.187. The van der Waals surface area contributed by atoms with Gasteiger partial charge in [0.25, 0.3) is 5.91 Å². The van der Waals surface area contributed by atoms with E-state index in [4.69, 9.17) is 4.42 Å². The molecule has 1 N–H and O–H groups in total. The van der Waals surface area contributed by atoms with Gasteiger partial charge in [0.05, 0.1) is 12.3 Å². The Morgan fingerprint density at radius 2 is 2.21 bits per heavy atom. The first-order valence-electron chi connectivity index (χ1n) is 7.88. The molecule has 1 aliphatic rings. The van der Waals surface area contributed by atoms with Crippen molar-refractivity contribution in [1.82, 2.24) is 15.1 Å². The number of rotatable bonds is 3. The van der Waals surface area contributed by atoms with E-state index in [0.717, 1.165) is 18.4 Å². The molecule has 1 aromatic carbocycles. The number of aromatic amines is 1. The Bertz CT molecular complexity index is 857. The normalized spacial score (nSPS) is 17.4. The fraction of sp³-hybridized carbons (Fsp3) is 0.222. The number of hydrogen-bond donors (Lipinski definition) is 1. The fourth-order valence-electron chi connectivity index (χ4n) is 3.21. The minimum atomic E-state index is -0.285. The molecule has 1 atom stereocenters. The molecule has 0 saturated carbocycles.